The van der Waals surface area contributed by atoms with E-state index >= 15 is 0 Å². The van der Waals surface area contributed by atoms with Crippen molar-refractivity contribution in [2.45, 2.75) is 33.3 Å². The summed E-state index contributed by atoms with van der Waals surface area (Å²) < 4.78 is 12.3. The van der Waals surface area contributed by atoms with Crippen molar-refractivity contribution < 1.29 is 14.3 Å². The van der Waals surface area contributed by atoms with Crippen molar-refractivity contribution >= 4 is 5.91 Å². The molecule has 0 aliphatic heterocycles. The lowest BCUT2D eigenvalue weighted by atomic mass is 10.2. The summed E-state index contributed by atoms with van der Waals surface area (Å²) >= 11 is 0. The number of benzene rings is 1. The highest BCUT2D eigenvalue weighted by atomic mass is 16.5. The fourth-order valence-electron chi connectivity index (χ4n) is 2.26. The molecule has 0 bridgehead atoms. The van der Waals surface area contributed by atoms with E-state index in [1.807, 2.05) is 31.2 Å². The minimum Gasteiger partial charge on any atom is -0.494 e. The third kappa shape index (κ3) is 4.32. The van der Waals surface area contributed by atoms with Gasteiger partial charge in [-0.15, -0.1) is 5.10 Å². The van der Waals surface area contributed by atoms with Crippen LogP contribution in [0, 0.1) is 0 Å². The Labute approximate surface area is 142 Å². The van der Waals surface area contributed by atoms with Crippen LogP contribution in [0.4, 0.5) is 0 Å². The van der Waals surface area contributed by atoms with Crippen molar-refractivity contribution in [3.05, 3.63) is 35.7 Å². The largest absolute Gasteiger partial charge is 0.494 e. The highest BCUT2D eigenvalue weighted by Gasteiger charge is 2.20. The van der Waals surface area contributed by atoms with Crippen LogP contribution < -0.4 is 10.1 Å². The minimum absolute atomic E-state index is 0.229. The summed E-state index contributed by atoms with van der Waals surface area (Å²) in [6.07, 6.45) is 1.95. The van der Waals surface area contributed by atoms with Gasteiger partial charge in [-0.25, -0.2) is 4.68 Å². The number of amides is 1. The molecule has 0 atom stereocenters. The highest BCUT2D eigenvalue weighted by Crippen LogP contribution is 2.18. The number of unbranched alkanes of at least 4 members (excludes halogenated alkanes) is 1. The van der Waals surface area contributed by atoms with Crippen LogP contribution in [-0.2, 0) is 11.3 Å². The van der Waals surface area contributed by atoms with Gasteiger partial charge < -0.3 is 14.8 Å². The van der Waals surface area contributed by atoms with Gasteiger partial charge in [-0.2, -0.15) is 0 Å². The van der Waals surface area contributed by atoms with Gasteiger partial charge in [0.05, 0.1) is 18.9 Å². The van der Waals surface area contributed by atoms with Crippen LogP contribution in [0.15, 0.2) is 24.3 Å². The molecular weight excluding hydrogens is 308 g/mol. The van der Waals surface area contributed by atoms with Gasteiger partial charge in [-0.05, 0) is 37.6 Å². The molecule has 1 amide bonds. The van der Waals surface area contributed by atoms with Crippen molar-refractivity contribution in [1.82, 2.24) is 20.3 Å². The third-order valence-electron chi connectivity index (χ3n) is 3.47. The zero-order chi connectivity index (χ0) is 17.4. The second-order valence-electron chi connectivity index (χ2n) is 5.27. The molecule has 7 nitrogen and oxygen atoms in total. The molecule has 0 radical (unpaired) electrons. The predicted molar refractivity (Wildman–Crippen MR) is 90.5 cm³/mol. The SMILES string of the molecule is CCCCNC(=O)c1nnn(-c2ccc(OCC)cc2)c1COC. The molecule has 1 heterocycles. The first-order valence-electron chi connectivity index (χ1n) is 8.16. The van der Waals surface area contributed by atoms with Crippen LogP contribution in [0.25, 0.3) is 5.69 Å². The Kier molecular flexibility index (Phi) is 6.74. The normalized spacial score (nSPS) is 10.6. The van der Waals surface area contributed by atoms with E-state index in [0.29, 0.717) is 24.5 Å². The Balaban J connectivity index is 2.25. The summed E-state index contributed by atoms with van der Waals surface area (Å²) in [5.74, 6) is 0.555. The van der Waals surface area contributed by atoms with Crippen molar-refractivity contribution in [3.63, 3.8) is 0 Å². The number of hydrogen-bond donors (Lipinski definition) is 1. The van der Waals surface area contributed by atoms with Crippen LogP contribution in [-0.4, -0.2) is 41.2 Å². The van der Waals surface area contributed by atoms with E-state index in [9.17, 15) is 4.79 Å². The second kappa shape index (κ2) is 9.02. The molecule has 2 aromatic rings. The zero-order valence-corrected chi connectivity index (χ0v) is 14.4. The molecule has 24 heavy (non-hydrogen) atoms. The second-order valence-corrected chi connectivity index (χ2v) is 5.27. The quantitative estimate of drug-likeness (QED) is 0.713. The predicted octanol–water partition coefficient (Wildman–Crippen LogP) is 2.34. The number of methoxy groups -OCH3 is 1. The van der Waals surface area contributed by atoms with Gasteiger partial charge in [0.1, 0.15) is 11.4 Å². The summed E-state index contributed by atoms with van der Waals surface area (Å²) in [4.78, 5) is 12.3. The Hall–Kier alpha value is -2.41. The number of nitrogens with zero attached hydrogens (tertiary/aromatic N) is 3. The molecule has 1 N–H and O–H groups in total. The maximum Gasteiger partial charge on any atom is 0.273 e. The number of ether oxygens (including phenoxy) is 2. The molecule has 1 aromatic heterocycles. The lowest BCUT2D eigenvalue weighted by Crippen LogP contribution is -2.26. The average molecular weight is 332 g/mol. The molecule has 0 saturated heterocycles. The molecule has 130 valence electrons. The monoisotopic (exact) mass is 332 g/mol. The number of hydrogen-bond acceptors (Lipinski definition) is 5. The summed E-state index contributed by atoms with van der Waals surface area (Å²) in [7, 11) is 1.58. The molecular formula is C17H24N4O3. The van der Waals surface area contributed by atoms with E-state index in [1.165, 1.54) is 0 Å². The van der Waals surface area contributed by atoms with Gasteiger partial charge in [-0.1, -0.05) is 18.6 Å². The Morgan fingerprint density at radius 3 is 2.62 bits per heavy atom. The Bertz CT molecular complexity index is 652. The Morgan fingerprint density at radius 1 is 1.25 bits per heavy atom. The first kappa shape index (κ1) is 17.9. The smallest absolute Gasteiger partial charge is 0.273 e. The van der Waals surface area contributed by atoms with Gasteiger partial charge in [0.15, 0.2) is 5.69 Å². The first-order valence-corrected chi connectivity index (χ1v) is 8.16. The number of carbonyl (C=O) groups is 1. The number of carbonyl (C=O) groups excluding carboxylic acids is 1. The van der Waals surface area contributed by atoms with Crippen molar-refractivity contribution in [1.29, 1.82) is 0 Å². The van der Waals surface area contributed by atoms with Crippen molar-refractivity contribution in [3.8, 4) is 11.4 Å². The fourth-order valence-corrected chi connectivity index (χ4v) is 2.26. The fraction of sp³-hybridized carbons (Fsp3) is 0.471. The van der Waals surface area contributed by atoms with Gasteiger partial charge >= 0.3 is 0 Å². The maximum absolute atomic E-state index is 12.3. The van der Waals surface area contributed by atoms with Crippen LogP contribution in [0.3, 0.4) is 0 Å². The first-order chi connectivity index (χ1) is 11.7. The van der Waals surface area contributed by atoms with Crippen LogP contribution in [0.1, 0.15) is 42.9 Å². The summed E-state index contributed by atoms with van der Waals surface area (Å²) in [5, 5.41) is 11.0. The molecule has 0 aliphatic carbocycles. The lowest BCUT2D eigenvalue weighted by Gasteiger charge is -2.09. The van der Waals surface area contributed by atoms with E-state index in [1.54, 1.807) is 11.8 Å². The minimum atomic E-state index is -0.229. The molecule has 0 fully saturated rings. The van der Waals surface area contributed by atoms with Gasteiger partial charge in [0.2, 0.25) is 0 Å². The van der Waals surface area contributed by atoms with E-state index < -0.39 is 0 Å². The van der Waals surface area contributed by atoms with E-state index in [0.717, 1.165) is 24.3 Å². The molecule has 0 aliphatic rings. The van der Waals surface area contributed by atoms with Crippen molar-refractivity contribution in [2.75, 3.05) is 20.3 Å². The molecule has 0 saturated carbocycles. The van der Waals surface area contributed by atoms with Gasteiger partial charge in [0, 0.05) is 13.7 Å². The third-order valence-corrected chi connectivity index (χ3v) is 3.47. The van der Waals surface area contributed by atoms with Crippen molar-refractivity contribution in [2.24, 2.45) is 0 Å². The number of rotatable bonds is 9. The summed E-state index contributed by atoms with van der Waals surface area (Å²) in [6, 6.07) is 7.46. The number of nitrogens with one attached hydrogen (secondary N) is 1. The molecule has 1 aromatic carbocycles. The maximum atomic E-state index is 12.3. The van der Waals surface area contributed by atoms with Gasteiger partial charge in [-0.3, -0.25) is 4.79 Å². The van der Waals surface area contributed by atoms with E-state index in [-0.39, 0.29) is 12.5 Å². The van der Waals surface area contributed by atoms with Crippen LogP contribution >= 0.6 is 0 Å². The highest BCUT2D eigenvalue weighted by molar-refractivity contribution is 5.93. The molecule has 2 rings (SSSR count). The standard InChI is InChI=1S/C17H24N4O3/c1-4-6-11-18-17(22)16-15(12-23-3)21(20-19-16)13-7-9-14(10-8-13)24-5-2/h7-10H,4-6,11-12H2,1-3H3,(H,18,22). The molecule has 0 unspecified atom stereocenters. The summed E-state index contributed by atoms with van der Waals surface area (Å²) in [5.41, 5.74) is 1.71. The average Bonchev–Trinajstić information content (AvgIpc) is 3.00. The Morgan fingerprint density at radius 2 is 2.00 bits per heavy atom. The van der Waals surface area contributed by atoms with E-state index in [2.05, 4.69) is 22.6 Å². The lowest BCUT2D eigenvalue weighted by molar-refractivity contribution is 0.0942. The van der Waals surface area contributed by atoms with Gasteiger partial charge in [0.25, 0.3) is 5.91 Å². The van der Waals surface area contributed by atoms with E-state index in [4.69, 9.17) is 9.47 Å². The summed E-state index contributed by atoms with van der Waals surface area (Å²) in [6.45, 7) is 5.49. The molecule has 7 heteroatoms. The van der Waals surface area contributed by atoms with Crippen LogP contribution in [0.2, 0.25) is 0 Å². The number of aromatic nitrogens is 3. The molecule has 0 spiro atoms. The zero-order valence-electron chi connectivity index (χ0n) is 14.4. The topological polar surface area (TPSA) is 78.3 Å². The van der Waals surface area contributed by atoms with Crippen LogP contribution in [0.5, 0.6) is 5.75 Å².